The normalized spacial score (nSPS) is 11.6. The van der Waals surface area contributed by atoms with Gasteiger partial charge in [-0.3, -0.25) is 0 Å². The van der Waals surface area contributed by atoms with Gasteiger partial charge in [0.25, 0.3) is 0 Å². The van der Waals surface area contributed by atoms with E-state index in [2.05, 4.69) is 15.2 Å². The van der Waals surface area contributed by atoms with Crippen molar-refractivity contribution in [3.63, 3.8) is 0 Å². The molecule has 2 aromatic heterocycles. The van der Waals surface area contributed by atoms with E-state index in [-0.39, 0.29) is 5.69 Å². The highest BCUT2D eigenvalue weighted by atomic mass is 32.2. The first-order chi connectivity index (χ1) is 12.7. The van der Waals surface area contributed by atoms with Crippen LogP contribution in [-0.4, -0.2) is 30.8 Å². The molecule has 1 aromatic carbocycles. The number of aryl methyl sites for hydroxylation is 1. The molecule has 0 bridgehead atoms. The molecule has 0 atom stereocenters. The van der Waals surface area contributed by atoms with Crippen LogP contribution in [0.5, 0.6) is 0 Å². The first-order valence-electron chi connectivity index (χ1n) is 7.35. The largest absolute Gasteiger partial charge is 0.476 e. The zero-order chi connectivity index (χ0) is 19.6. The molecule has 3 rings (SSSR count). The van der Waals surface area contributed by atoms with Gasteiger partial charge in [0.05, 0.1) is 5.56 Å². The SMILES string of the molecule is Cn1cnnc1Sc1ccc(Sc2ccc(C(F)(F)F)cc2)c(C(=O)O)n1. The number of alkyl halides is 3. The van der Waals surface area contributed by atoms with Gasteiger partial charge in [0.2, 0.25) is 0 Å². The molecule has 0 aliphatic heterocycles. The smallest absolute Gasteiger partial charge is 0.416 e. The van der Waals surface area contributed by atoms with E-state index in [9.17, 15) is 23.1 Å². The summed E-state index contributed by atoms with van der Waals surface area (Å²) >= 11 is 2.18. The van der Waals surface area contributed by atoms with Crippen molar-refractivity contribution in [2.75, 3.05) is 0 Å². The molecular formula is C16H11F3N4O2S2. The quantitative estimate of drug-likeness (QED) is 0.672. The van der Waals surface area contributed by atoms with Crippen molar-refractivity contribution < 1.29 is 23.1 Å². The first-order valence-corrected chi connectivity index (χ1v) is 8.98. The van der Waals surface area contributed by atoms with Crippen LogP contribution in [-0.2, 0) is 13.2 Å². The van der Waals surface area contributed by atoms with Crippen LogP contribution in [0.2, 0.25) is 0 Å². The van der Waals surface area contributed by atoms with Gasteiger partial charge in [-0.15, -0.1) is 10.2 Å². The lowest BCUT2D eigenvalue weighted by atomic mass is 10.2. The van der Waals surface area contributed by atoms with Crippen LogP contribution in [0.15, 0.2) is 62.7 Å². The molecule has 0 unspecified atom stereocenters. The number of hydrogen-bond donors (Lipinski definition) is 1. The molecule has 1 N–H and O–H groups in total. The summed E-state index contributed by atoms with van der Waals surface area (Å²) < 4.78 is 39.6. The van der Waals surface area contributed by atoms with Gasteiger partial charge in [0.15, 0.2) is 10.9 Å². The highest BCUT2D eigenvalue weighted by Crippen LogP contribution is 2.35. The Bertz CT molecular complexity index is 975. The number of carbonyl (C=O) groups is 1. The molecule has 0 amide bonds. The molecule has 27 heavy (non-hydrogen) atoms. The molecule has 0 aliphatic rings. The highest BCUT2D eigenvalue weighted by molar-refractivity contribution is 7.99. The summed E-state index contributed by atoms with van der Waals surface area (Å²) in [5.74, 6) is -1.23. The number of aromatic nitrogens is 4. The third kappa shape index (κ3) is 4.61. The van der Waals surface area contributed by atoms with Crippen LogP contribution >= 0.6 is 23.5 Å². The minimum atomic E-state index is -4.42. The van der Waals surface area contributed by atoms with Crippen molar-refractivity contribution in [3.8, 4) is 0 Å². The number of benzene rings is 1. The van der Waals surface area contributed by atoms with E-state index in [0.717, 1.165) is 35.7 Å². The minimum Gasteiger partial charge on any atom is -0.476 e. The van der Waals surface area contributed by atoms with Crippen molar-refractivity contribution >= 4 is 29.5 Å². The molecule has 0 radical (unpaired) electrons. The molecule has 0 saturated carbocycles. The maximum absolute atomic E-state index is 12.6. The van der Waals surface area contributed by atoms with Crippen LogP contribution in [0, 0.1) is 0 Å². The molecule has 0 fully saturated rings. The van der Waals surface area contributed by atoms with E-state index in [1.807, 2.05) is 0 Å². The fraction of sp³-hybridized carbons (Fsp3) is 0.125. The van der Waals surface area contributed by atoms with Crippen molar-refractivity contribution in [1.82, 2.24) is 19.7 Å². The fourth-order valence-electron chi connectivity index (χ4n) is 2.02. The number of hydrogen-bond acceptors (Lipinski definition) is 6. The molecule has 11 heteroatoms. The van der Waals surface area contributed by atoms with Crippen molar-refractivity contribution in [1.29, 1.82) is 0 Å². The maximum Gasteiger partial charge on any atom is 0.416 e. The average Bonchev–Trinajstić information content (AvgIpc) is 3.00. The van der Waals surface area contributed by atoms with Gasteiger partial charge < -0.3 is 9.67 Å². The summed E-state index contributed by atoms with van der Waals surface area (Å²) in [6, 6.07) is 7.68. The molecule has 3 aromatic rings. The summed E-state index contributed by atoms with van der Waals surface area (Å²) in [5.41, 5.74) is -0.953. The number of pyridine rings is 1. The number of rotatable bonds is 5. The highest BCUT2D eigenvalue weighted by Gasteiger charge is 2.30. The van der Waals surface area contributed by atoms with Gasteiger partial charge >= 0.3 is 12.1 Å². The van der Waals surface area contributed by atoms with E-state index < -0.39 is 17.7 Å². The van der Waals surface area contributed by atoms with Gasteiger partial charge in [-0.2, -0.15) is 13.2 Å². The van der Waals surface area contributed by atoms with Gasteiger partial charge in [-0.25, -0.2) is 9.78 Å². The third-order valence-electron chi connectivity index (χ3n) is 3.31. The average molecular weight is 412 g/mol. The predicted molar refractivity (Wildman–Crippen MR) is 91.9 cm³/mol. The number of halogens is 3. The Hall–Kier alpha value is -2.53. The van der Waals surface area contributed by atoms with Gasteiger partial charge in [-0.1, -0.05) is 11.8 Å². The lowest BCUT2D eigenvalue weighted by molar-refractivity contribution is -0.137. The topological polar surface area (TPSA) is 80.9 Å². The zero-order valence-electron chi connectivity index (χ0n) is 13.6. The Morgan fingerprint density at radius 1 is 1.11 bits per heavy atom. The summed E-state index contributed by atoms with van der Waals surface area (Å²) in [7, 11) is 1.75. The Kier molecular flexibility index (Phi) is 5.42. The summed E-state index contributed by atoms with van der Waals surface area (Å²) in [6.45, 7) is 0. The molecule has 0 aliphatic carbocycles. The van der Waals surface area contributed by atoms with E-state index >= 15 is 0 Å². The van der Waals surface area contributed by atoms with E-state index in [4.69, 9.17) is 0 Å². The minimum absolute atomic E-state index is 0.188. The second-order valence-electron chi connectivity index (χ2n) is 5.25. The lowest BCUT2D eigenvalue weighted by Crippen LogP contribution is -2.04. The van der Waals surface area contributed by atoms with E-state index in [0.29, 0.717) is 20.0 Å². The maximum atomic E-state index is 12.6. The molecule has 0 spiro atoms. The molecule has 2 heterocycles. The predicted octanol–water partition coefficient (Wildman–Crippen LogP) is 4.23. The number of aromatic carboxylic acids is 1. The Labute approximate surface area is 159 Å². The van der Waals surface area contributed by atoms with Crippen LogP contribution < -0.4 is 0 Å². The number of carboxylic acids is 1. The third-order valence-corrected chi connectivity index (χ3v) is 5.36. The fourth-order valence-corrected chi connectivity index (χ4v) is 3.65. The zero-order valence-corrected chi connectivity index (χ0v) is 15.3. The second kappa shape index (κ2) is 7.61. The standard InChI is InChI=1S/C16H11F3N4O2S2/c1-23-8-20-22-15(23)27-12-7-6-11(13(21-12)14(24)25)26-10-4-2-9(3-5-10)16(17,18)19/h2-8H,1H3,(H,24,25). The van der Waals surface area contributed by atoms with Crippen LogP contribution in [0.25, 0.3) is 0 Å². The molecule has 0 saturated heterocycles. The summed E-state index contributed by atoms with van der Waals surface area (Å²) in [6.07, 6.45) is -2.91. The Morgan fingerprint density at radius 2 is 1.81 bits per heavy atom. The van der Waals surface area contributed by atoms with Crippen LogP contribution in [0.1, 0.15) is 16.1 Å². The number of carboxylic acid groups (broad SMARTS) is 1. The lowest BCUT2D eigenvalue weighted by Gasteiger charge is -2.09. The summed E-state index contributed by atoms with van der Waals surface area (Å²) in [5, 5.41) is 18.0. The van der Waals surface area contributed by atoms with Crippen LogP contribution in [0.4, 0.5) is 13.2 Å². The van der Waals surface area contributed by atoms with Crippen molar-refractivity contribution in [3.05, 3.63) is 54.0 Å². The Balaban J connectivity index is 1.85. The van der Waals surface area contributed by atoms with Crippen LogP contribution in [0.3, 0.4) is 0 Å². The van der Waals surface area contributed by atoms with Gasteiger partial charge in [0.1, 0.15) is 11.4 Å². The number of nitrogens with zero attached hydrogens (tertiary/aromatic N) is 4. The molecule has 6 nitrogen and oxygen atoms in total. The van der Waals surface area contributed by atoms with Crippen molar-refractivity contribution in [2.45, 2.75) is 26.1 Å². The second-order valence-corrected chi connectivity index (χ2v) is 7.35. The van der Waals surface area contributed by atoms with Crippen molar-refractivity contribution in [2.24, 2.45) is 7.05 Å². The van der Waals surface area contributed by atoms with Gasteiger partial charge in [0, 0.05) is 16.8 Å². The molecule has 140 valence electrons. The molecular weight excluding hydrogens is 401 g/mol. The first kappa shape index (κ1) is 19.2. The van der Waals surface area contributed by atoms with E-state index in [1.54, 1.807) is 23.7 Å². The Morgan fingerprint density at radius 3 is 2.37 bits per heavy atom. The monoisotopic (exact) mass is 412 g/mol. The van der Waals surface area contributed by atoms with E-state index in [1.165, 1.54) is 18.5 Å². The van der Waals surface area contributed by atoms with Gasteiger partial charge in [-0.05, 0) is 48.2 Å². The summed E-state index contributed by atoms with van der Waals surface area (Å²) in [4.78, 5) is 16.5.